The minimum atomic E-state index is -1.22. The van der Waals surface area contributed by atoms with Gasteiger partial charge < -0.3 is 24.8 Å². The number of hydroxylamine groups is 2. The summed E-state index contributed by atoms with van der Waals surface area (Å²) in [6, 6.07) is 0.188. The zero-order valence-corrected chi connectivity index (χ0v) is 24.4. The van der Waals surface area contributed by atoms with Gasteiger partial charge in [-0.3, -0.25) is 4.84 Å². The van der Waals surface area contributed by atoms with Crippen LogP contribution in [0.5, 0.6) is 0 Å². The number of carbonyl (C=O) groups is 1. The molecule has 3 N–H and O–H groups in total. The molecule has 4 aliphatic carbocycles. The Labute approximate surface area is 233 Å². The Balaban J connectivity index is 1.19. The van der Waals surface area contributed by atoms with Crippen molar-refractivity contribution in [1.82, 2.24) is 5.06 Å². The predicted octanol–water partition coefficient (Wildman–Crippen LogP) is 3.72. The summed E-state index contributed by atoms with van der Waals surface area (Å²) in [5.41, 5.74) is -0.880. The zero-order chi connectivity index (χ0) is 28.0. The summed E-state index contributed by atoms with van der Waals surface area (Å²) in [5.74, 6) is 1.30. The first-order chi connectivity index (χ1) is 18.3. The molecule has 8 heteroatoms. The van der Waals surface area contributed by atoms with Crippen molar-refractivity contribution in [3.05, 3.63) is 11.6 Å². The average Bonchev–Trinajstić information content (AvgIpc) is 3.42. The molecule has 2 aliphatic heterocycles. The van der Waals surface area contributed by atoms with Gasteiger partial charge >= 0.3 is 5.97 Å². The lowest BCUT2D eigenvalue weighted by Gasteiger charge is -2.64. The van der Waals surface area contributed by atoms with Gasteiger partial charge in [0, 0.05) is 24.0 Å². The van der Waals surface area contributed by atoms with Gasteiger partial charge in [0.15, 0.2) is 0 Å². The van der Waals surface area contributed by atoms with Crippen molar-refractivity contribution in [3.63, 3.8) is 0 Å². The quantitative estimate of drug-likeness (QED) is 0.361. The third-order valence-corrected chi connectivity index (χ3v) is 12.9. The molecule has 0 aromatic carbocycles. The molecule has 0 aromatic rings. The second-order valence-electron chi connectivity index (χ2n) is 14.6. The van der Waals surface area contributed by atoms with E-state index >= 15 is 0 Å². The van der Waals surface area contributed by atoms with Gasteiger partial charge in [0.05, 0.1) is 24.4 Å². The van der Waals surface area contributed by atoms with Gasteiger partial charge in [0.25, 0.3) is 0 Å². The third-order valence-electron chi connectivity index (χ3n) is 12.9. The summed E-state index contributed by atoms with van der Waals surface area (Å²) < 4.78 is 11.4. The fourth-order valence-corrected chi connectivity index (χ4v) is 10.6. The van der Waals surface area contributed by atoms with Crippen LogP contribution in [0, 0.1) is 34.5 Å². The summed E-state index contributed by atoms with van der Waals surface area (Å²) in [7, 11) is 1.69. The normalized spacial score (nSPS) is 53.6. The van der Waals surface area contributed by atoms with Crippen LogP contribution in [0.15, 0.2) is 11.6 Å². The van der Waals surface area contributed by atoms with Crippen LogP contribution < -0.4 is 0 Å². The van der Waals surface area contributed by atoms with Gasteiger partial charge in [-0.25, -0.2) is 4.79 Å². The number of hydrogen-bond acceptors (Lipinski definition) is 8. The average molecular weight is 548 g/mol. The first-order valence-corrected chi connectivity index (χ1v) is 15.3. The summed E-state index contributed by atoms with van der Waals surface area (Å²) in [6.07, 6.45) is 9.24. The van der Waals surface area contributed by atoms with Crippen LogP contribution in [0.1, 0.15) is 91.9 Å². The van der Waals surface area contributed by atoms with E-state index in [1.165, 1.54) is 0 Å². The van der Waals surface area contributed by atoms with E-state index in [-0.39, 0.29) is 34.7 Å². The number of cyclic esters (lactones) is 1. The van der Waals surface area contributed by atoms with Crippen molar-refractivity contribution >= 4 is 5.97 Å². The molecule has 0 amide bonds. The van der Waals surface area contributed by atoms with Crippen molar-refractivity contribution in [2.24, 2.45) is 34.5 Å². The number of ether oxygens (including phenoxy) is 2. The van der Waals surface area contributed by atoms with Crippen LogP contribution in [0.25, 0.3) is 0 Å². The molecule has 220 valence electrons. The Kier molecular flexibility index (Phi) is 6.84. The molecule has 6 aliphatic rings. The molecule has 12 atom stereocenters. The van der Waals surface area contributed by atoms with E-state index in [2.05, 4.69) is 13.8 Å². The number of hydrogen-bond donors (Lipinski definition) is 3. The van der Waals surface area contributed by atoms with Crippen molar-refractivity contribution in [3.8, 4) is 0 Å². The van der Waals surface area contributed by atoms with Crippen molar-refractivity contribution < 1.29 is 34.4 Å². The molecule has 6 rings (SSSR count). The Bertz CT molecular complexity index is 1010. The number of nitrogens with zero attached hydrogens (tertiary/aromatic N) is 1. The summed E-state index contributed by atoms with van der Waals surface area (Å²) in [6.45, 7) is 8.63. The fraction of sp³-hybridized carbons (Fsp3) is 0.903. The Hall–Kier alpha value is -1.03. The SMILES string of the molecule is CON(C1C[C@@](C)(O)[C@@H](O)[C@H](C)O1)[C@H]1CC[C@@]2(C)C(CCC3C2CC[C@]2(C)[C@@H](C4=CC(=O)OC4)CC[C@]32O)C1. The minimum Gasteiger partial charge on any atom is -0.458 e. The first-order valence-electron chi connectivity index (χ1n) is 15.3. The van der Waals surface area contributed by atoms with E-state index in [1.807, 2.05) is 12.0 Å². The predicted molar refractivity (Wildman–Crippen MR) is 144 cm³/mol. The highest BCUT2D eigenvalue weighted by molar-refractivity contribution is 5.85. The second-order valence-corrected chi connectivity index (χ2v) is 14.6. The first kappa shape index (κ1) is 28.1. The van der Waals surface area contributed by atoms with E-state index in [0.29, 0.717) is 24.9 Å². The minimum absolute atomic E-state index is 0.169. The topological polar surface area (TPSA) is 109 Å². The molecular weight excluding hydrogens is 498 g/mol. The summed E-state index contributed by atoms with van der Waals surface area (Å²) in [4.78, 5) is 17.8. The number of fused-ring (bicyclic) bond motifs is 5. The molecule has 5 fully saturated rings. The van der Waals surface area contributed by atoms with Gasteiger partial charge in [-0.15, -0.1) is 0 Å². The van der Waals surface area contributed by atoms with E-state index in [4.69, 9.17) is 14.3 Å². The Morgan fingerprint density at radius 2 is 1.79 bits per heavy atom. The smallest absolute Gasteiger partial charge is 0.331 e. The molecule has 0 radical (unpaired) electrons. The standard InChI is InChI=1S/C31H49NO7/c1-18-27(34)30(4,35)16-25(39-18)32(37-5)21-8-11-28(2)20(15-21)6-7-24-23(28)9-12-29(3)22(10-13-31(24,29)36)19-14-26(33)38-17-19/h14,18,20-25,27,34-36H,6-13,15-17H2,1-5H3/t18-,20?,21-,22+,23?,24?,25?,27-,28-,29+,30+,31-/m0/s1. The van der Waals surface area contributed by atoms with Gasteiger partial charge in [-0.2, -0.15) is 5.06 Å². The number of carbonyl (C=O) groups excluding carboxylic acids is 1. The van der Waals surface area contributed by atoms with Gasteiger partial charge in [-0.05, 0) is 106 Å². The third kappa shape index (κ3) is 4.10. The van der Waals surface area contributed by atoms with Crippen LogP contribution in [-0.2, 0) is 19.1 Å². The lowest BCUT2D eigenvalue weighted by molar-refractivity contribution is -0.324. The summed E-state index contributed by atoms with van der Waals surface area (Å²) >= 11 is 0. The van der Waals surface area contributed by atoms with Gasteiger partial charge in [-0.1, -0.05) is 13.8 Å². The maximum absolute atomic E-state index is 12.5. The van der Waals surface area contributed by atoms with E-state index in [9.17, 15) is 20.1 Å². The number of aliphatic hydroxyl groups is 3. The van der Waals surface area contributed by atoms with Crippen LogP contribution in [0.2, 0.25) is 0 Å². The molecular formula is C31H49NO7. The number of rotatable bonds is 4. The van der Waals surface area contributed by atoms with Crippen molar-refractivity contribution in [2.75, 3.05) is 13.7 Å². The monoisotopic (exact) mass is 547 g/mol. The molecule has 4 saturated carbocycles. The van der Waals surface area contributed by atoms with Gasteiger partial charge in [0.2, 0.25) is 0 Å². The van der Waals surface area contributed by atoms with Crippen molar-refractivity contribution in [1.29, 1.82) is 0 Å². The lowest BCUT2D eigenvalue weighted by atomic mass is 9.43. The summed E-state index contributed by atoms with van der Waals surface area (Å²) in [5, 5.41) is 35.7. The molecule has 2 heterocycles. The maximum atomic E-state index is 12.5. The van der Waals surface area contributed by atoms with Crippen molar-refractivity contribution in [2.45, 2.75) is 128 Å². The largest absolute Gasteiger partial charge is 0.458 e. The molecule has 1 saturated heterocycles. The Morgan fingerprint density at radius 1 is 1.03 bits per heavy atom. The maximum Gasteiger partial charge on any atom is 0.331 e. The highest BCUT2D eigenvalue weighted by Crippen LogP contribution is 2.70. The lowest BCUT2D eigenvalue weighted by Crippen LogP contribution is -2.63. The molecule has 0 bridgehead atoms. The van der Waals surface area contributed by atoms with Crippen LogP contribution in [-0.4, -0.2) is 75.7 Å². The highest BCUT2D eigenvalue weighted by Gasteiger charge is 2.68. The molecule has 8 nitrogen and oxygen atoms in total. The molecule has 0 spiro atoms. The van der Waals surface area contributed by atoms with E-state index in [0.717, 1.165) is 63.4 Å². The van der Waals surface area contributed by atoms with E-state index in [1.54, 1.807) is 20.1 Å². The van der Waals surface area contributed by atoms with Crippen LogP contribution in [0.3, 0.4) is 0 Å². The fourth-order valence-electron chi connectivity index (χ4n) is 10.6. The molecule has 4 unspecified atom stereocenters. The van der Waals surface area contributed by atoms with E-state index < -0.39 is 29.6 Å². The molecule has 39 heavy (non-hydrogen) atoms. The van der Waals surface area contributed by atoms with Crippen LogP contribution in [0.4, 0.5) is 0 Å². The zero-order valence-electron chi connectivity index (χ0n) is 24.4. The number of aliphatic hydroxyl groups excluding tert-OH is 1. The van der Waals surface area contributed by atoms with Crippen LogP contribution >= 0.6 is 0 Å². The number of esters is 1. The second kappa shape index (κ2) is 9.50. The molecule has 0 aromatic heterocycles. The van der Waals surface area contributed by atoms with Gasteiger partial charge in [0.1, 0.15) is 18.9 Å². The Morgan fingerprint density at radius 3 is 2.46 bits per heavy atom. The highest BCUT2D eigenvalue weighted by atomic mass is 16.7.